The van der Waals surface area contributed by atoms with Crippen molar-refractivity contribution in [2.45, 2.75) is 39.2 Å². The van der Waals surface area contributed by atoms with Crippen LogP contribution >= 0.6 is 0 Å². The Morgan fingerprint density at radius 3 is 2.79 bits per heavy atom. The SMILES string of the molecule is CCn1cc[n+](C)c1C(=O)[O-].O=C1CCCCCN1. The lowest BCUT2D eigenvalue weighted by atomic mass is 10.2. The molecule has 1 aliphatic heterocycles. The molecule has 0 unspecified atom stereocenters. The molecule has 0 aliphatic carbocycles. The molecule has 0 saturated carbocycles. The highest BCUT2D eigenvalue weighted by Gasteiger charge is 2.13. The van der Waals surface area contributed by atoms with Crippen LogP contribution in [-0.2, 0) is 18.4 Å². The number of rotatable bonds is 2. The van der Waals surface area contributed by atoms with E-state index in [1.165, 1.54) is 11.0 Å². The minimum absolute atomic E-state index is 0.201. The third kappa shape index (κ3) is 4.73. The van der Waals surface area contributed by atoms with E-state index < -0.39 is 5.97 Å². The highest BCUT2D eigenvalue weighted by atomic mass is 16.4. The Labute approximate surface area is 113 Å². The zero-order chi connectivity index (χ0) is 14.3. The number of hydrogen-bond acceptors (Lipinski definition) is 3. The first kappa shape index (κ1) is 15.2. The van der Waals surface area contributed by atoms with E-state index in [2.05, 4.69) is 5.32 Å². The lowest BCUT2D eigenvalue weighted by Gasteiger charge is -1.99. The quantitative estimate of drug-likeness (QED) is 0.725. The van der Waals surface area contributed by atoms with Gasteiger partial charge in [0.1, 0.15) is 12.4 Å². The Kier molecular flexibility index (Phi) is 6.05. The molecule has 106 valence electrons. The van der Waals surface area contributed by atoms with Crippen LogP contribution < -0.4 is 15.0 Å². The summed E-state index contributed by atoms with van der Waals surface area (Å²) >= 11 is 0. The van der Waals surface area contributed by atoms with Crippen LogP contribution in [0.3, 0.4) is 0 Å². The van der Waals surface area contributed by atoms with Crippen LogP contribution in [0, 0.1) is 0 Å². The Balaban J connectivity index is 0.000000200. The van der Waals surface area contributed by atoms with Crippen LogP contribution in [0.4, 0.5) is 0 Å². The Hall–Kier alpha value is -1.85. The molecule has 1 fully saturated rings. The molecule has 6 nitrogen and oxygen atoms in total. The van der Waals surface area contributed by atoms with Crippen molar-refractivity contribution in [1.29, 1.82) is 0 Å². The normalized spacial score (nSPS) is 14.9. The summed E-state index contributed by atoms with van der Waals surface area (Å²) in [6, 6.07) is 0. The largest absolute Gasteiger partial charge is 0.538 e. The molecule has 6 heteroatoms. The predicted molar refractivity (Wildman–Crippen MR) is 67.1 cm³/mol. The minimum Gasteiger partial charge on any atom is -0.538 e. The van der Waals surface area contributed by atoms with Gasteiger partial charge in [0.2, 0.25) is 5.91 Å². The predicted octanol–water partition coefficient (Wildman–Crippen LogP) is -0.627. The van der Waals surface area contributed by atoms with Gasteiger partial charge in [-0.2, -0.15) is 0 Å². The van der Waals surface area contributed by atoms with Gasteiger partial charge in [0.25, 0.3) is 0 Å². The van der Waals surface area contributed by atoms with Crippen LogP contribution in [-0.4, -0.2) is 23.0 Å². The smallest absolute Gasteiger partial charge is 0.304 e. The second-order valence-corrected chi connectivity index (χ2v) is 4.47. The molecule has 1 N–H and O–H groups in total. The first-order chi connectivity index (χ1) is 9.06. The van der Waals surface area contributed by atoms with Crippen LogP contribution in [0.1, 0.15) is 43.2 Å². The highest BCUT2D eigenvalue weighted by Crippen LogP contribution is 2.02. The fourth-order valence-corrected chi connectivity index (χ4v) is 1.94. The Morgan fingerprint density at radius 2 is 2.21 bits per heavy atom. The Bertz CT molecular complexity index is 430. The van der Waals surface area contributed by atoms with Crippen molar-refractivity contribution in [3.63, 3.8) is 0 Å². The first-order valence-electron chi connectivity index (χ1n) is 6.59. The summed E-state index contributed by atoms with van der Waals surface area (Å²) in [5.74, 6) is -0.714. The molecule has 2 heterocycles. The molecular weight excluding hydrogens is 246 g/mol. The van der Waals surface area contributed by atoms with Gasteiger partial charge in [0.05, 0.1) is 13.6 Å². The number of amides is 1. The zero-order valence-corrected chi connectivity index (χ0v) is 11.5. The molecule has 0 aromatic carbocycles. The van der Waals surface area contributed by atoms with E-state index in [4.69, 9.17) is 0 Å². The van der Waals surface area contributed by atoms with Crippen LogP contribution in [0.15, 0.2) is 12.4 Å². The number of carboxylic acids is 1. The standard InChI is InChI=1S/C7H10N2O2.C6H11NO/c1-3-9-5-4-8(2)6(9)7(10)11;8-6-4-2-1-3-5-7-6/h4-5H,3H2,1-2H3;1-5H2,(H,7,8). The molecule has 19 heavy (non-hydrogen) atoms. The second kappa shape index (κ2) is 7.56. The molecular formula is C13H21N3O3. The average molecular weight is 267 g/mol. The summed E-state index contributed by atoms with van der Waals surface area (Å²) in [4.78, 5) is 21.1. The van der Waals surface area contributed by atoms with Crippen molar-refractivity contribution >= 4 is 11.9 Å². The van der Waals surface area contributed by atoms with E-state index in [1.807, 2.05) is 6.92 Å². The summed E-state index contributed by atoms with van der Waals surface area (Å²) in [6.45, 7) is 3.41. The van der Waals surface area contributed by atoms with Gasteiger partial charge in [-0.15, -0.1) is 0 Å². The lowest BCUT2D eigenvalue weighted by Crippen LogP contribution is -2.41. The van der Waals surface area contributed by atoms with Crippen molar-refractivity contribution in [2.75, 3.05) is 6.54 Å². The third-order valence-electron chi connectivity index (χ3n) is 3.00. The summed E-state index contributed by atoms with van der Waals surface area (Å²) in [6.07, 6.45) is 7.58. The van der Waals surface area contributed by atoms with E-state index in [0.717, 1.165) is 25.8 Å². The number of imidazole rings is 1. The molecule has 0 spiro atoms. The number of aryl methyl sites for hydroxylation is 2. The van der Waals surface area contributed by atoms with Crippen LogP contribution in [0.2, 0.25) is 0 Å². The maximum absolute atomic E-state index is 10.6. The fourth-order valence-electron chi connectivity index (χ4n) is 1.94. The zero-order valence-electron chi connectivity index (χ0n) is 11.5. The number of hydrogen-bond donors (Lipinski definition) is 1. The lowest BCUT2D eigenvalue weighted by molar-refractivity contribution is -0.675. The van der Waals surface area contributed by atoms with Crippen LogP contribution in [0.25, 0.3) is 0 Å². The first-order valence-corrected chi connectivity index (χ1v) is 6.59. The van der Waals surface area contributed by atoms with Crippen molar-refractivity contribution in [1.82, 2.24) is 9.88 Å². The van der Waals surface area contributed by atoms with Crippen molar-refractivity contribution in [3.8, 4) is 0 Å². The van der Waals surface area contributed by atoms with Gasteiger partial charge < -0.3 is 15.2 Å². The number of carbonyl (C=O) groups excluding carboxylic acids is 2. The van der Waals surface area contributed by atoms with E-state index in [-0.39, 0.29) is 11.7 Å². The van der Waals surface area contributed by atoms with E-state index in [0.29, 0.717) is 6.54 Å². The topological polar surface area (TPSA) is 78.0 Å². The molecule has 0 radical (unpaired) electrons. The van der Waals surface area contributed by atoms with E-state index in [1.54, 1.807) is 24.0 Å². The molecule has 1 saturated heterocycles. The number of aromatic nitrogens is 2. The molecule has 1 aromatic heterocycles. The van der Waals surface area contributed by atoms with Gasteiger partial charge >= 0.3 is 5.82 Å². The fraction of sp³-hybridized carbons (Fsp3) is 0.615. The van der Waals surface area contributed by atoms with Gasteiger partial charge in [0, 0.05) is 13.0 Å². The van der Waals surface area contributed by atoms with E-state index >= 15 is 0 Å². The second-order valence-electron chi connectivity index (χ2n) is 4.47. The molecule has 0 atom stereocenters. The van der Waals surface area contributed by atoms with Crippen LogP contribution in [0.5, 0.6) is 0 Å². The summed E-state index contributed by atoms with van der Waals surface area (Å²) < 4.78 is 3.15. The summed E-state index contributed by atoms with van der Waals surface area (Å²) in [5.41, 5.74) is 0. The number of carbonyl (C=O) groups is 2. The number of nitrogens with one attached hydrogen (secondary N) is 1. The van der Waals surface area contributed by atoms with Crippen molar-refractivity contribution in [2.24, 2.45) is 7.05 Å². The summed E-state index contributed by atoms with van der Waals surface area (Å²) in [7, 11) is 1.68. The van der Waals surface area contributed by atoms with Crippen molar-refractivity contribution < 1.29 is 19.3 Å². The maximum Gasteiger partial charge on any atom is 0.304 e. The van der Waals surface area contributed by atoms with E-state index in [9.17, 15) is 14.7 Å². The molecule has 2 rings (SSSR count). The number of carboxylic acid groups (broad SMARTS) is 1. The van der Waals surface area contributed by atoms with Gasteiger partial charge in [-0.3, -0.25) is 4.79 Å². The van der Waals surface area contributed by atoms with Crippen molar-refractivity contribution in [3.05, 3.63) is 18.2 Å². The highest BCUT2D eigenvalue weighted by molar-refractivity contribution is 5.79. The molecule has 1 aromatic rings. The van der Waals surface area contributed by atoms with Gasteiger partial charge in [-0.05, 0) is 19.8 Å². The molecule has 1 amide bonds. The van der Waals surface area contributed by atoms with Gasteiger partial charge in [0.15, 0.2) is 5.97 Å². The summed E-state index contributed by atoms with van der Waals surface area (Å²) in [5, 5.41) is 13.3. The Morgan fingerprint density at radius 1 is 1.47 bits per heavy atom. The average Bonchev–Trinajstić information content (AvgIpc) is 2.58. The monoisotopic (exact) mass is 267 g/mol. The number of aromatic carboxylic acids is 1. The maximum atomic E-state index is 10.6. The van der Waals surface area contributed by atoms with Gasteiger partial charge in [-0.1, -0.05) is 6.42 Å². The minimum atomic E-state index is -1.14. The third-order valence-corrected chi connectivity index (χ3v) is 3.00. The van der Waals surface area contributed by atoms with Gasteiger partial charge in [-0.25, -0.2) is 9.13 Å². The molecule has 1 aliphatic rings. The number of nitrogens with zero attached hydrogens (tertiary/aromatic N) is 2. The molecule has 0 bridgehead atoms.